The number of nitrogens with zero attached hydrogens (tertiary/aromatic N) is 1. The molecule has 4 nitrogen and oxygen atoms in total. The summed E-state index contributed by atoms with van der Waals surface area (Å²) in [7, 11) is 0. The van der Waals surface area contributed by atoms with Crippen LogP contribution in [0.3, 0.4) is 0 Å². The molecule has 0 heterocycles. The first-order valence-corrected chi connectivity index (χ1v) is 12.1. The Hall–Kier alpha value is -3.48. The Morgan fingerprint density at radius 3 is 2.33 bits per heavy atom. The van der Waals surface area contributed by atoms with Crippen LogP contribution in [-0.2, 0) is 22.3 Å². The Morgan fingerprint density at radius 2 is 1.69 bits per heavy atom. The van der Waals surface area contributed by atoms with Gasteiger partial charge in [-0.05, 0) is 72.9 Å². The molecule has 192 valence electrons. The summed E-state index contributed by atoms with van der Waals surface area (Å²) in [5.74, 6) is 0.232. The lowest BCUT2D eigenvalue weighted by Crippen LogP contribution is -2.24. The highest BCUT2D eigenvalue weighted by Gasteiger charge is 2.30. The Kier molecular flexibility index (Phi) is 9.39. The fourth-order valence-corrected chi connectivity index (χ4v) is 3.91. The van der Waals surface area contributed by atoms with Crippen molar-refractivity contribution in [2.24, 2.45) is 0 Å². The van der Waals surface area contributed by atoms with Gasteiger partial charge in [-0.3, -0.25) is 0 Å². The van der Waals surface area contributed by atoms with Crippen molar-refractivity contribution in [1.82, 2.24) is 0 Å². The van der Waals surface area contributed by atoms with Crippen LogP contribution >= 0.6 is 0 Å². The highest BCUT2D eigenvalue weighted by molar-refractivity contribution is 5.71. The molecule has 0 unspecified atom stereocenters. The van der Waals surface area contributed by atoms with Crippen LogP contribution in [0.2, 0.25) is 0 Å². The molecule has 36 heavy (non-hydrogen) atoms. The molecule has 0 spiro atoms. The lowest BCUT2D eigenvalue weighted by atomic mass is 10.0. The minimum atomic E-state index is -4.35. The molecule has 0 amide bonds. The predicted octanol–water partition coefficient (Wildman–Crippen LogP) is 7.43. The van der Waals surface area contributed by atoms with Crippen molar-refractivity contribution in [3.8, 4) is 16.9 Å². The average molecular weight is 500 g/mol. The van der Waals surface area contributed by atoms with Gasteiger partial charge in [-0.25, -0.2) is 4.79 Å². The number of carbonyl (C=O) groups is 1. The number of unbranched alkanes of at least 4 members (excludes halogenated alkanes) is 1. The third-order valence-electron chi connectivity index (χ3n) is 5.80. The van der Waals surface area contributed by atoms with Crippen LogP contribution in [0.4, 0.5) is 18.9 Å². The number of halogens is 3. The van der Waals surface area contributed by atoms with Gasteiger partial charge in [0.15, 0.2) is 6.61 Å². The van der Waals surface area contributed by atoms with Crippen molar-refractivity contribution in [2.45, 2.75) is 46.3 Å². The van der Waals surface area contributed by atoms with Crippen molar-refractivity contribution in [3.05, 3.63) is 83.4 Å². The van der Waals surface area contributed by atoms with Crippen LogP contribution in [0, 0.1) is 6.92 Å². The van der Waals surface area contributed by atoms with Crippen LogP contribution < -0.4 is 9.64 Å². The molecule has 0 aliphatic heterocycles. The Bertz CT molecular complexity index is 1140. The van der Waals surface area contributed by atoms with Gasteiger partial charge in [0.1, 0.15) is 5.75 Å². The zero-order valence-electron chi connectivity index (χ0n) is 20.9. The van der Waals surface area contributed by atoms with Crippen LogP contribution in [0.25, 0.3) is 11.1 Å². The van der Waals surface area contributed by atoms with Crippen LogP contribution in [-0.4, -0.2) is 25.7 Å². The molecule has 0 atom stereocenters. The summed E-state index contributed by atoms with van der Waals surface area (Å²) in [4.78, 5) is 13.9. The van der Waals surface area contributed by atoms with Gasteiger partial charge in [0.25, 0.3) is 0 Å². The number of anilines is 1. The Morgan fingerprint density at radius 1 is 0.944 bits per heavy atom. The minimum Gasteiger partial charge on any atom is -0.482 e. The number of carbonyl (C=O) groups excluding carboxylic acids is 1. The summed E-state index contributed by atoms with van der Waals surface area (Å²) < 4.78 is 49.3. The molecule has 0 bridgehead atoms. The van der Waals surface area contributed by atoms with E-state index in [0.29, 0.717) is 18.9 Å². The van der Waals surface area contributed by atoms with E-state index in [9.17, 15) is 18.0 Å². The number of esters is 1. The average Bonchev–Trinajstić information content (AvgIpc) is 2.86. The van der Waals surface area contributed by atoms with E-state index in [-0.39, 0.29) is 6.61 Å². The summed E-state index contributed by atoms with van der Waals surface area (Å²) in [6.45, 7) is 7.51. The summed E-state index contributed by atoms with van der Waals surface area (Å²) in [6, 6.07) is 19.0. The largest absolute Gasteiger partial charge is 0.482 e. The highest BCUT2D eigenvalue weighted by Crippen LogP contribution is 2.32. The molecule has 3 rings (SSSR count). The van der Waals surface area contributed by atoms with Gasteiger partial charge in [-0.1, -0.05) is 49.7 Å². The summed E-state index contributed by atoms with van der Waals surface area (Å²) in [6.07, 6.45) is -2.31. The van der Waals surface area contributed by atoms with Gasteiger partial charge in [-0.2, -0.15) is 13.2 Å². The first-order chi connectivity index (χ1) is 17.2. The molecule has 0 saturated heterocycles. The standard InChI is InChI=1S/C29H32F3NO3/c1-4-6-16-33(19-22-10-15-27(21(3)17-22)36-20-28(34)35-5-2)26-9-7-8-24(18-26)23-11-13-25(14-12-23)29(30,31)32/h7-15,17-18H,4-6,16,19-20H2,1-3H3. The molecule has 7 heteroatoms. The topological polar surface area (TPSA) is 38.8 Å². The molecule has 0 fully saturated rings. The van der Waals surface area contributed by atoms with E-state index in [2.05, 4.69) is 11.8 Å². The van der Waals surface area contributed by atoms with E-state index in [1.165, 1.54) is 12.1 Å². The summed E-state index contributed by atoms with van der Waals surface area (Å²) >= 11 is 0. The van der Waals surface area contributed by atoms with Crippen molar-refractivity contribution in [2.75, 3.05) is 24.7 Å². The van der Waals surface area contributed by atoms with Crippen LogP contribution in [0.5, 0.6) is 5.75 Å². The molecule has 0 radical (unpaired) electrons. The third kappa shape index (κ3) is 7.51. The van der Waals surface area contributed by atoms with Gasteiger partial charge in [0, 0.05) is 18.8 Å². The lowest BCUT2D eigenvalue weighted by molar-refractivity contribution is -0.145. The van der Waals surface area contributed by atoms with Crippen molar-refractivity contribution >= 4 is 11.7 Å². The zero-order chi connectivity index (χ0) is 26.1. The second-order valence-corrected chi connectivity index (χ2v) is 8.59. The van der Waals surface area contributed by atoms with Gasteiger partial charge in [0.2, 0.25) is 0 Å². The molecular weight excluding hydrogens is 467 g/mol. The van der Waals surface area contributed by atoms with Gasteiger partial charge < -0.3 is 14.4 Å². The summed E-state index contributed by atoms with van der Waals surface area (Å²) in [5, 5.41) is 0. The second kappa shape index (κ2) is 12.5. The molecule has 0 N–H and O–H groups in total. The lowest BCUT2D eigenvalue weighted by Gasteiger charge is -2.26. The molecule has 0 saturated carbocycles. The maximum atomic E-state index is 12.9. The van der Waals surface area contributed by atoms with E-state index in [0.717, 1.165) is 59.5 Å². The fraction of sp³-hybridized carbons (Fsp3) is 0.345. The van der Waals surface area contributed by atoms with Gasteiger partial charge >= 0.3 is 12.1 Å². The molecule has 0 aromatic heterocycles. The van der Waals surface area contributed by atoms with E-state index >= 15 is 0 Å². The fourth-order valence-electron chi connectivity index (χ4n) is 3.91. The predicted molar refractivity (Wildman–Crippen MR) is 136 cm³/mol. The molecule has 0 aliphatic carbocycles. The number of ether oxygens (including phenoxy) is 2. The third-order valence-corrected chi connectivity index (χ3v) is 5.80. The van der Waals surface area contributed by atoms with E-state index in [1.54, 1.807) is 6.92 Å². The number of hydrogen-bond donors (Lipinski definition) is 0. The Balaban J connectivity index is 1.78. The maximum Gasteiger partial charge on any atom is 0.416 e. The number of alkyl halides is 3. The van der Waals surface area contributed by atoms with Gasteiger partial charge in [0.05, 0.1) is 12.2 Å². The minimum absolute atomic E-state index is 0.132. The van der Waals surface area contributed by atoms with E-state index in [4.69, 9.17) is 9.47 Å². The first-order valence-electron chi connectivity index (χ1n) is 12.1. The van der Waals surface area contributed by atoms with Crippen LogP contribution in [0.1, 0.15) is 43.4 Å². The first kappa shape index (κ1) is 27.1. The number of hydrogen-bond acceptors (Lipinski definition) is 4. The molecule has 0 aliphatic rings. The Labute approximate surface area is 210 Å². The van der Waals surface area contributed by atoms with Crippen molar-refractivity contribution in [3.63, 3.8) is 0 Å². The molecule has 3 aromatic carbocycles. The number of aryl methyl sites for hydroxylation is 1. The quantitative estimate of drug-likeness (QED) is 0.257. The van der Waals surface area contributed by atoms with Gasteiger partial charge in [-0.15, -0.1) is 0 Å². The smallest absolute Gasteiger partial charge is 0.416 e. The maximum absolute atomic E-state index is 12.9. The monoisotopic (exact) mass is 499 g/mol. The second-order valence-electron chi connectivity index (χ2n) is 8.59. The SMILES string of the molecule is CCCCN(Cc1ccc(OCC(=O)OCC)c(C)c1)c1cccc(-c2ccc(C(F)(F)F)cc2)c1. The molecular formula is C29H32F3NO3. The van der Waals surface area contributed by atoms with Crippen molar-refractivity contribution < 1.29 is 27.4 Å². The molecule has 3 aromatic rings. The van der Waals surface area contributed by atoms with Crippen LogP contribution in [0.15, 0.2) is 66.7 Å². The zero-order valence-corrected chi connectivity index (χ0v) is 20.9. The number of rotatable bonds is 11. The van der Waals surface area contributed by atoms with E-state index < -0.39 is 17.7 Å². The number of benzene rings is 3. The highest BCUT2D eigenvalue weighted by atomic mass is 19.4. The normalized spacial score (nSPS) is 11.3. The van der Waals surface area contributed by atoms with Crippen molar-refractivity contribution in [1.29, 1.82) is 0 Å². The summed E-state index contributed by atoms with van der Waals surface area (Å²) in [5.41, 5.74) is 3.96. The van der Waals surface area contributed by atoms with E-state index in [1.807, 2.05) is 49.4 Å².